The van der Waals surface area contributed by atoms with Gasteiger partial charge in [0.2, 0.25) is 5.71 Å². The van der Waals surface area contributed by atoms with Crippen molar-refractivity contribution in [2.24, 2.45) is 0 Å². The minimum atomic E-state index is -2.38. The highest BCUT2D eigenvalue weighted by Crippen LogP contribution is 2.39. The maximum absolute atomic E-state index is 8.28. The van der Waals surface area contributed by atoms with Crippen LogP contribution < -0.4 is 0 Å². The Balaban J connectivity index is 1.61. The predicted octanol–water partition coefficient (Wildman–Crippen LogP) is 8.78. The molecule has 172 valence electrons. The number of hydrogen-bond donors (Lipinski definition) is 0. The van der Waals surface area contributed by atoms with Crippen LogP contribution in [0.15, 0.2) is 83.4 Å². The van der Waals surface area contributed by atoms with E-state index in [1.165, 1.54) is 17.8 Å². The molecule has 3 aromatic carbocycles. The fourth-order valence-corrected chi connectivity index (χ4v) is 4.89. The molecule has 3 nitrogen and oxygen atoms in total. The van der Waals surface area contributed by atoms with E-state index in [1.54, 1.807) is 6.07 Å². The lowest BCUT2D eigenvalue weighted by atomic mass is 9.81. The summed E-state index contributed by atoms with van der Waals surface area (Å²) in [4.78, 5) is 8.85. The Morgan fingerprint density at radius 2 is 1.57 bits per heavy atom. The molecule has 0 amide bonds. The summed E-state index contributed by atoms with van der Waals surface area (Å²) < 4.78 is 54.1. The number of pyridine rings is 2. The van der Waals surface area contributed by atoms with Crippen molar-refractivity contribution in [1.82, 2.24) is 9.97 Å². The van der Waals surface area contributed by atoms with E-state index in [2.05, 4.69) is 42.9 Å². The molecular weight excluding hydrogens is 428 g/mol. The molecule has 0 saturated carbocycles. The molecule has 0 radical (unpaired) electrons. The summed E-state index contributed by atoms with van der Waals surface area (Å²) in [6, 6.07) is 22.8. The molecule has 0 bridgehead atoms. The average molecular weight is 463 g/mol. The summed E-state index contributed by atoms with van der Waals surface area (Å²) in [7, 11) is 0. The second-order valence-corrected chi connectivity index (χ2v) is 9.90. The van der Waals surface area contributed by atoms with Crippen molar-refractivity contribution < 1.29 is 12.6 Å². The van der Waals surface area contributed by atoms with Crippen LogP contribution in [0.4, 0.5) is 0 Å². The zero-order valence-corrected chi connectivity index (χ0v) is 19.8. The summed E-state index contributed by atoms with van der Waals surface area (Å²) in [5.41, 5.74) is 4.51. The van der Waals surface area contributed by atoms with Gasteiger partial charge < -0.3 is 4.42 Å². The van der Waals surface area contributed by atoms with E-state index in [4.69, 9.17) is 12.6 Å². The fraction of sp³-hybridized carbons (Fsp3) is 0.188. The molecule has 3 aromatic heterocycles. The van der Waals surface area contributed by atoms with Gasteiger partial charge in [0.05, 0.1) is 5.69 Å². The van der Waals surface area contributed by atoms with Gasteiger partial charge in [-0.1, -0.05) is 69.3 Å². The van der Waals surface area contributed by atoms with Gasteiger partial charge in [0.1, 0.15) is 5.58 Å². The average Bonchev–Trinajstić information content (AvgIpc) is 3.29. The molecule has 0 atom stereocenters. The van der Waals surface area contributed by atoms with Gasteiger partial charge in [0.25, 0.3) is 0 Å². The van der Waals surface area contributed by atoms with Gasteiger partial charge in [-0.25, -0.2) is 4.98 Å². The van der Waals surface area contributed by atoms with E-state index in [1.807, 2.05) is 48.5 Å². The van der Waals surface area contributed by atoms with Gasteiger partial charge in [-0.05, 0) is 76.4 Å². The van der Waals surface area contributed by atoms with Crippen molar-refractivity contribution in [2.45, 2.75) is 39.9 Å². The van der Waals surface area contributed by atoms with Crippen LogP contribution in [0.25, 0.3) is 55.2 Å². The Morgan fingerprint density at radius 1 is 0.743 bits per heavy atom. The first-order valence-electron chi connectivity index (χ1n) is 14.6. The molecule has 0 unspecified atom stereocenters. The smallest absolute Gasteiger partial charge is 0.227 e. The first-order valence-corrected chi connectivity index (χ1v) is 11.6. The number of furan rings is 1. The third-order valence-electron chi connectivity index (χ3n) is 6.57. The van der Waals surface area contributed by atoms with Gasteiger partial charge in [-0.2, -0.15) is 0 Å². The van der Waals surface area contributed by atoms with Crippen LogP contribution in [0.2, 0.25) is 0 Å². The maximum atomic E-state index is 8.28. The number of fused-ring (bicyclic) bond motifs is 4. The highest BCUT2D eigenvalue weighted by atomic mass is 16.3. The van der Waals surface area contributed by atoms with Crippen molar-refractivity contribution in [2.75, 3.05) is 0 Å². The molecule has 6 rings (SSSR count). The topological polar surface area (TPSA) is 38.9 Å². The largest absolute Gasteiger partial charge is 0.437 e. The number of aromatic nitrogens is 2. The Kier molecular flexibility index (Phi) is 3.52. The number of benzene rings is 3. The number of aryl methyl sites for hydroxylation is 2. The Bertz CT molecular complexity index is 1960. The van der Waals surface area contributed by atoms with Crippen LogP contribution in [0.3, 0.4) is 0 Å². The zero-order chi connectivity index (χ0) is 29.3. The number of hydrogen-bond acceptors (Lipinski definition) is 3. The van der Waals surface area contributed by atoms with Gasteiger partial charge in [-0.3, -0.25) is 4.98 Å². The van der Waals surface area contributed by atoms with Crippen molar-refractivity contribution in [1.29, 1.82) is 0 Å². The van der Waals surface area contributed by atoms with E-state index >= 15 is 0 Å². The molecule has 3 heteroatoms. The van der Waals surface area contributed by atoms with E-state index < -0.39 is 13.7 Å². The Hall–Kier alpha value is -3.98. The van der Waals surface area contributed by atoms with Crippen LogP contribution in [0, 0.1) is 13.7 Å². The molecule has 3 heterocycles. The standard InChI is InChI=1S/C32H28N2O/c1-19-18-33-29(26-12-8-11-24-25-14-13-20(2)34-31(25)35-30(24)26)17-27(19)22-15-16-28(32(3,4)5)23-10-7-6-9-21(22)23/h6-18H,1-5H3/i1D3,2D3. The SMILES string of the molecule is [2H]C([2H])([2H])c1ccc2c(n1)oc1c(-c3cc(-c4ccc(C(C)(C)C)c5ccccc45)c(C([2H])([2H])[2H])cn3)cccc12. The van der Waals surface area contributed by atoms with Crippen molar-refractivity contribution >= 4 is 32.8 Å². The summed E-state index contributed by atoms with van der Waals surface area (Å²) >= 11 is 0. The van der Waals surface area contributed by atoms with Crippen LogP contribution in [-0.4, -0.2) is 9.97 Å². The van der Waals surface area contributed by atoms with Gasteiger partial charge >= 0.3 is 0 Å². The molecule has 35 heavy (non-hydrogen) atoms. The summed E-state index contributed by atoms with van der Waals surface area (Å²) in [5.74, 6) is 0. The van der Waals surface area contributed by atoms with E-state index in [0.29, 0.717) is 27.8 Å². The van der Waals surface area contributed by atoms with Crippen LogP contribution in [0.5, 0.6) is 0 Å². The lowest BCUT2D eigenvalue weighted by Crippen LogP contribution is -2.11. The van der Waals surface area contributed by atoms with Crippen LogP contribution in [0.1, 0.15) is 45.8 Å². The minimum absolute atomic E-state index is 0.0429. The Morgan fingerprint density at radius 3 is 2.37 bits per heavy atom. The second-order valence-electron chi connectivity index (χ2n) is 9.90. The van der Waals surface area contributed by atoms with Crippen LogP contribution in [-0.2, 0) is 5.41 Å². The maximum Gasteiger partial charge on any atom is 0.227 e. The summed E-state index contributed by atoms with van der Waals surface area (Å²) in [6.07, 6.45) is 1.43. The highest BCUT2D eigenvalue weighted by Gasteiger charge is 2.20. The van der Waals surface area contributed by atoms with Crippen molar-refractivity contribution in [3.8, 4) is 22.4 Å². The minimum Gasteiger partial charge on any atom is -0.437 e. The van der Waals surface area contributed by atoms with Gasteiger partial charge in [-0.15, -0.1) is 0 Å². The zero-order valence-electron chi connectivity index (χ0n) is 25.8. The van der Waals surface area contributed by atoms with Gasteiger partial charge in [0.15, 0.2) is 0 Å². The van der Waals surface area contributed by atoms with E-state index in [9.17, 15) is 0 Å². The first kappa shape index (κ1) is 15.8. The number of para-hydroxylation sites is 1. The third kappa shape index (κ3) is 3.50. The number of rotatable bonds is 2. The monoisotopic (exact) mass is 462 g/mol. The van der Waals surface area contributed by atoms with E-state index in [0.717, 1.165) is 21.7 Å². The van der Waals surface area contributed by atoms with Crippen molar-refractivity contribution in [3.63, 3.8) is 0 Å². The second kappa shape index (κ2) is 7.78. The normalized spacial score (nSPS) is 15.4. The summed E-state index contributed by atoms with van der Waals surface area (Å²) in [6.45, 7) is 1.75. The molecule has 0 aliphatic carbocycles. The number of nitrogens with zero attached hydrogens (tertiary/aromatic N) is 2. The third-order valence-corrected chi connectivity index (χ3v) is 6.57. The molecule has 6 aromatic rings. The summed E-state index contributed by atoms with van der Waals surface area (Å²) in [5, 5.41) is 3.50. The van der Waals surface area contributed by atoms with Crippen LogP contribution >= 0.6 is 0 Å². The molecule has 0 saturated heterocycles. The van der Waals surface area contributed by atoms with E-state index in [-0.39, 0.29) is 22.4 Å². The quantitative estimate of drug-likeness (QED) is 0.258. The van der Waals surface area contributed by atoms with Crippen molar-refractivity contribution in [3.05, 3.63) is 95.8 Å². The Labute approximate surface area is 213 Å². The lowest BCUT2D eigenvalue weighted by molar-refractivity contribution is 0.596. The van der Waals surface area contributed by atoms with Gasteiger partial charge in [0, 0.05) is 36.5 Å². The highest BCUT2D eigenvalue weighted by molar-refractivity contribution is 6.08. The first-order chi connectivity index (χ1) is 19.2. The molecule has 0 fully saturated rings. The lowest BCUT2D eigenvalue weighted by Gasteiger charge is -2.23. The fourth-order valence-electron chi connectivity index (χ4n) is 4.89. The molecule has 0 spiro atoms. The molecule has 0 N–H and O–H groups in total. The molecule has 0 aliphatic rings. The molecule has 0 aliphatic heterocycles. The predicted molar refractivity (Wildman–Crippen MR) is 146 cm³/mol. The molecular formula is C32H28N2O.